The van der Waals surface area contributed by atoms with Gasteiger partial charge in [-0.2, -0.15) is 10.4 Å². The van der Waals surface area contributed by atoms with Crippen LogP contribution in [0.3, 0.4) is 0 Å². The Bertz CT molecular complexity index is 1270. The van der Waals surface area contributed by atoms with Crippen molar-refractivity contribution in [1.29, 1.82) is 5.26 Å². The largest absolute Gasteiger partial charge is 0.351 e. The molecule has 6 rings (SSSR count). The van der Waals surface area contributed by atoms with Gasteiger partial charge in [0.15, 0.2) is 0 Å². The van der Waals surface area contributed by atoms with Crippen molar-refractivity contribution in [1.82, 2.24) is 14.8 Å². The van der Waals surface area contributed by atoms with Gasteiger partial charge in [0.1, 0.15) is 16.2 Å². The second kappa shape index (κ2) is 6.41. The van der Waals surface area contributed by atoms with Crippen molar-refractivity contribution in [2.24, 2.45) is 0 Å². The minimum absolute atomic E-state index is 0.120. The van der Waals surface area contributed by atoms with E-state index in [1.165, 1.54) is 5.56 Å². The molecule has 2 aliphatic rings. The van der Waals surface area contributed by atoms with Crippen molar-refractivity contribution >= 4 is 27.4 Å². The number of rotatable bonds is 2. The molecular weight excluding hydrogens is 390 g/mol. The molecule has 0 unspecified atom stereocenters. The molecule has 2 atom stereocenters. The van der Waals surface area contributed by atoms with E-state index in [-0.39, 0.29) is 6.04 Å². The van der Waals surface area contributed by atoms with Gasteiger partial charge < -0.3 is 4.90 Å². The Hall–Kier alpha value is -3.17. The summed E-state index contributed by atoms with van der Waals surface area (Å²) < 4.78 is 3.22. The smallest absolute Gasteiger partial charge is 0.136 e. The molecule has 0 amide bonds. The van der Waals surface area contributed by atoms with Crippen LogP contribution in [0.25, 0.3) is 15.9 Å². The highest BCUT2D eigenvalue weighted by atomic mass is 32.1. The van der Waals surface area contributed by atoms with Gasteiger partial charge in [0, 0.05) is 18.5 Å². The summed E-state index contributed by atoms with van der Waals surface area (Å²) in [5, 5.41) is 16.4. The number of anilines is 1. The molecule has 4 heterocycles. The Morgan fingerprint density at radius 2 is 1.93 bits per heavy atom. The zero-order valence-corrected chi connectivity index (χ0v) is 17.6. The van der Waals surface area contributed by atoms with Crippen LogP contribution in [-0.2, 0) is 11.8 Å². The van der Waals surface area contributed by atoms with Crippen LogP contribution in [0, 0.1) is 18.3 Å². The summed E-state index contributed by atoms with van der Waals surface area (Å²) in [6, 6.07) is 21.4. The van der Waals surface area contributed by atoms with E-state index in [4.69, 9.17) is 10.1 Å². The number of para-hydroxylation sites is 2. The third-order valence-corrected chi connectivity index (χ3v) is 7.80. The Morgan fingerprint density at radius 3 is 2.73 bits per heavy atom. The number of aromatic nitrogens is 3. The van der Waals surface area contributed by atoms with Crippen LogP contribution in [0.4, 0.5) is 5.82 Å². The number of hydrogen-bond donors (Lipinski definition) is 0. The van der Waals surface area contributed by atoms with Gasteiger partial charge in [0.25, 0.3) is 0 Å². The summed E-state index contributed by atoms with van der Waals surface area (Å²) in [6.45, 7) is 3.01. The molecule has 1 saturated heterocycles. The second-order valence-electron chi connectivity index (χ2n) is 8.23. The molecule has 0 spiro atoms. The first-order valence-corrected chi connectivity index (χ1v) is 11.2. The number of hydrogen-bond acceptors (Lipinski definition) is 5. The fraction of sp³-hybridized carbons (Fsp3) is 0.292. The van der Waals surface area contributed by atoms with Crippen LogP contribution in [0.2, 0.25) is 0 Å². The highest BCUT2D eigenvalue weighted by Crippen LogP contribution is 2.50. The van der Waals surface area contributed by atoms with Crippen LogP contribution < -0.4 is 4.90 Å². The lowest BCUT2D eigenvalue weighted by Crippen LogP contribution is -2.52. The molecule has 148 valence electrons. The molecule has 1 fully saturated rings. The van der Waals surface area contributed by atoms with E-state index in [1.807, 2.05) is 36.4 Å². The van der Waals surface area contributed by atoms with Gasteiger partial charge in [0.05, 0.1) is 33.7 Å². The minimum Gasteiger partial charge on any atom is -0.351 e. The zero-order valence-electron chi connectivity index (χ0n) is 16.7. The number of benzene rings is 2. The normalized spacial score (nSPS) is 22.7. The Kier molecular flexibility index (Phi) is 3.78. The molecule has 0 aliphatic carbocycles. The van der Waals surface area contributed by atoms with Crippen molar-refractivity contribution in [3.63, 3.8) is 0 Å². The molecule has 0 saturated carbocycles. The zero-order chi connectivity index (χ0) is 20.3. The summed E-state index contributed by atoms with van der Waals surface area (Å²) in [4.78, 5) is 7.38. The van der Waals surface area contributed by atoms with Crippen LogP contribution >= 0.6 is 11.3 Å². The van der Waals surface area contributed by atoms with Crippen molar-refractivity contribution < 1.29 is 0 Å². The predicted octanol–water partition coefficient (Wildman–Crippen LogP) is 4.78. The monoisotopic (exact) mass is 411 g/mol. The van der Waals surface area contributed by atoms with Crippen molar-refractivity contribution in [3.8, 4) is 11.8 Å². The third-order valence-electron chi connectivity index (χ3n) is 6.58. The van der Waals surface area contributed by atoms with Crippen LogP contribution in [0.1, 0.15) is 29.1 Å². The molecule has 0 N–H and O–H groups in total. The number of nitriles is 1. The molecule has 2 aromatic carbocycles. The molecule has 0 radical (unpaired) electrons. The summed E-state index contributed by atoms with van der Waals surface area (Å²) in [6.07, 6.45) is 2.75. The lowest BCUT2D eigenvalue weighted by molar-refractivity contribution is 0.405. The van der Waals surface area contributed by atoms with E-state index < -0.39 is 5.41 Å². The number of aryl methyl sites for hydroxylation is 1. The lowest BCUT2D eigenvalue weighted by Gasteiger charge is -2.42. The molecule has 2 aliphatic heterocycles. The first-order chi connectivity index (χ1) is 14.7. The Labute approximate surface area is 179 Å². The van der Waals surface area contributed by atoms with Crippen molar-refractivity contribution in [3.05, 3.63) is 70.9 Å². The van der Waals surface area contributed by atoms with Gasteiger partial charge in [-0.3, -0.25) is 0 Å². The van der Waals surface area contributed by atoms with E-state index in [0.29, 0.717) is 6.42 Å². The standard InChI is InChI=1S/C24H21N5S/c1-16-18-14-24(15-25,23-26-19-10-5-6-11-20(19)30-23)21-12-7-13-28(21)22(18)29(27-16)17-8-3-2-4-9-17/h2-6,8-11,21H,7,12-14H2,1H3/t21-,24-/m1/s1. The van der Waals surface area contributed by atoms with Crippen LogP contribution in [0.5, 0.6) is 0 Å². The van der Waals surface area contributed by atoms with Crippen molar-refractivity contribution in [2.75, 3.05) is 11.4 Å². The highest BCUT2D eigenvalue weighted by molar-refractivity contribution is 7.18. The maximum absolute atomic E-state index is 10.6. The van der Waals surface area contributed by atoms with E-state index in [1.54, 1.807) is 11.3 Å². The van der Waals surface area contributed by atoms with Crippen molar-refractivity contribution in [2.45, 2.75) is 37.6 Å². The van der Waals surface area contributed by atoms with Crippen LogP contribution in [0.15, 0.2) is 54.6 Å². The molecule has 30 heavy (non-hydrogen) atoms. The molecule has 0 bridgehead atoms. The van der Waals surface area contributed by atoms with Gasteiger partial charge in [-0.1, -0.05) is 30.3 Å². The van der Waals surface area contributed by atoms with Gasteiger partial charge >= 0.3 is 0 Å². The van der Waals surface area contributed by atoms with E-state index >= 15 is 0 Å². The van der Waals surface area contributed by atoms with E-state index in [9.17, 15) is 5.26 Å². The molecular formula is C24H21N5S. The average molecular weight is 412 g/mol. The first kappa shape index (κ1) is 17.7. The van der Waals surface area contributed by atoms with Gasteiger partial charge in [-0.05, 0) is 44.0 Å². The number of thiazole rings is 1. The average Bonchev–Trinajstić information content (AvgIpc) is 3.51. The second-order valence-corrected chi connectivity index (χ2v) is 9.26. The summed E-state index contributed by atoms with van der Waals surface area (Å²) in [5.41, 5.74) is 3.59. The molecule has 5 nitrogen and oxygen atoms in total. The predicted molar refractivity (Wildman–Crippen MR) is 119 cm³/mol. The maximum Gasteiger partial charge on any atom is 0.136 e. The van der Waals surface area contributed by atoms with E-state index in [2.05, 4.69) is 40.8 Å². The first-order valence-electron chi connectivity index (χ1n) is 10.4. The minimum atomic E-state index is -0.636. The van der Waals surface area contributed by atoms with Gasteiger partial charge in [-0.25, -0.2) is 9.67 Å². The number of fused-ring (bicyclic) bond motifs is 4. The Morgan fingerprint density at radius 1 is 1.13 bits per heavy atom. The fourth-order valence-corrected chi connectivity index (χ4v) is 6.32. The fourth-order valence-electron chi connectivity index (χ4n) is 5.17. The summed E-state index contributed by atoms with van der Waals surface area (Å²) in [7, 11) is 0. The van der Waals surface area contributed by atoms with Gasteiger partial charge in [0.2, 0.25) is 0 Å². The highest BCUT2D eigenvalue weighted by Gasteiger charge is 2.53. The van der Waals surface area contributed by atoms with E-state index in [0.717, 1.165) is 51.8 Å². The topological polar surface area (TPSA) is 57.7 Å². The molecule has 4 aromatic rings. The lowest BCUT2D eigenvalue weighted by atomic mass is 9.73. The maximum atomic E-state index is 10.6. The SMILES string of the molecule is Cc1nn(-c2ccccc2)c2c1C[C@](C#N)(c1nc3ccccc3s1)[C@H]1CCCN21. The molecule has 6 heteroatoms. The van der Waals surface area contributed by atoms with Gasteiger partial charge in [-0.15, -0.1) is 11.3 Å². The third kappa shape index (κ3) is 2.33. The summed E-state index contributed by atoms with van der Waals surface area (Å²) >= 11 is 1.67. The van der Waals surface area contributed by atoms with Crippen LogP contribution in [-0.4, -0.2) is 27.4 Å². The number of nitrogens with zero attached hydrogens (tertiary/aromatic N) is 5. The molecule has 2 aromatic heterocycles. The summed E-state index contributed by atoms with van der Waals surface area (Å²) in [5.74, 6) is 1.16. The quantitative estimate of drug-likeness (QED) is 0.476. The Balaban J connectivity index is 1.57.